The molecule has 0 saturated heterocycles. The number of ether oxygens (including phenoxy) is 2. The summed E-state index contributed by atoms with van der Waals surface area (Å²) in [7, 11) is 3.25. The molecule has 19 heavy (non-hydrogen) atoms. The number of rotatable bonds is 4. The highest BCUT2D eigenvalue weighted by molar-refractivity contribution is 5.55. The Kier molecular flexibility index (Phi) is 3.78. The molecule has 6 nitrogen and oxygen atoms in total. The van der Waals surface area contributed by atoms with Gasteiger partial charge in [-0.25, -0.2) is 4.98 Å². The minimum Gasteiger partial charge on any atom is -0.489 e. The highest BCUT2D eigenvalue weighted by Gasteiger charge is 2.13. The van der Waals surface area contributed by atoms with Crippen molar-refractivity contribution in [2.24, 2.45) is 0 Å². The van der Waals surface area contributed by atoms with Crippen LogP contribution in [0.15, 0.2) is 30.6 Å². The molecule has 1 heterocycles. The molecule has 0 fully saturated rings. The van der Waals surface area contributed by atoms with Gasteiger partial charge in [0.1, 0.15) is 12.1 Å². The average molecular weight is 256 g/mol. The summed E-state index contributed by atoms with van der Waals surface area (Å²) < 4.78 is 10.8. The van der Waals surface area contributed by atoms with Crippen LogP contribution in [0.5, 0.6) is 17.4 Å². The second-order valence-electron chi connectivity index (χ2n) is 3.55. The molecule has 0 atom stereocenters. The number of benzene rings is 1. The SMILES string of the molecule is CNc1ncnc(Oc2ccc(C#N)cc2)c1OC. The zero-order chi connectivity index (χ0) is 13.7. The maximum absolute atomic E-state index is 8.73. The molecule has 0 bridgehead atoms. The van der Waals surface area contributed by atoms with E-state index in [4.69, 9.17) is 14.7 Å². The zero-order valence-electron chi connectivity index (χ0n) is 10.5. The Morgan fingerprint density at radius 3 is 2.53 bits per heavy atom. The number of methoxy groups -OCH3 is 1. The molecule has 0 amide bonds. The van der Waals surface area contributed by atoms with Crippen LogP contribution in [-0.4, -0.2) is 24.1 Å². The van der Waals surface area contributed by atoms with Crippen LogP contribution in [0.2, 0.25) is 0 Å². The predicted octanol–water partition coefficient (Wildman–Crippen LogP) is 2.19. The van der Waals surface area contributed by atoms with E-state index in [1.807, 2.05) is 6.07 Å². The topological polar surface area (TPSA) is 80.1 Å². The Morgan fingerprint density at radius 2 is 1.95 bits per heavy atom. The Labute approximate surface area is 110 Å². The van der Waals surface area contributed by atoms with E-state index in [-0.39, 0.29) is 0 Å². The van der Waals surface area contributed by atoms with Gasteiger partial charge in [-0.1, -0.05) is 0 Å². The van der Waals surface area contributed by atoms with E-state index in [0.29, 0.717) is 28.8 Å². The van der Waals surface area contributed by atoms with Crippen molar-refractivity contribution in [3.8, 4) is 23.4 Å². The first kappa shape index (κ1) is 12.6. The molecule has 0 aliphatic carbocycles. The lowest BCUT2D eigenvalue weighted by Gasteiger charge is -2.11. The lowest BCUT2D eigenvalue weighted by molar-refractivity contribution is 0.369. The summed E-state index contributed by atoms with van der Waals surface area (Å²) in [5.74, 6) is 1.85. The van der Waals surface area contributed by atoms with Gasteiger partial charge in [0.05, 0.1) is 18.7 Å². The summed E-state index contributed by atoms with van der Waals surface area (Å²) in [4.78, 5) is 8.06. The van der Waals surface area contributed by atoms with Crippen molar-refractivity contribution in [1.29, 1.82) is 5.26 Å². The van der Waals surface area contributed by atoms with Crippen LogP contribution in [0.25, 0.3) is 0 Å². The van der Waals surface area contributed by atoms with E-state index in [1.54, 1.807) is 31.3 Å². The fourth-order valence-electron chi connectivity index (χ4n) is 1.50. The largest absolute Gasteiger partial charge is 0.489 e. The van der Waals surface area contributed by atoms with Gasteiger partial charge >= 0.3 is 0 Å². The molecule has 96 valence electrons. The molecule has 0 aliphatic heterocycles. The smallest absolute Gasteiger partial charge is 0.268 e. The van der Waals surface area contributed by atoms with Gasteiger partial charge in [0, 0.05) is 7.05 Å². The van der Waals surface area contributed by atoms with Gasteiger partial charge in [0.25, 0.3) is 5.88 Å². The Bertz CT molecular complexity index is 605. The normalized spacial score (nSPS) is 9.53. The summed E-state index contributed by atoms with van der Waals surface area (Å²) in [5, 5.41) is 11.6. The van der Waals surface area contributed by atoms with Crippen LogP contribution >= 0.6 is 0 Å². The van der Waals surface area contributed by atoms with Gasteiger partial charge in [-0.15, -0.1) is 0 Å². The molecule has 1 N–H and O–H groups in total. The quantitative estimate of drug-likeness (QED) is 0.903. The minimum absolute atomic E-state index is 0.312. The molecule has 0 aliphatic rings. The van der Waals surface area contributed by atoms with E-state index >= 15 is 0 Å². The Morgan fingerprint density at radius 1 is 1.21 bits per heavy atom. The zero-order valence-corrected chi connectivity index (χ0v) is 10.5. The van der Waals surface area contributed by atoms with Crippen molar-refractivity contribution >= 4 is 5.82 Å². The van der Waals surface area contributed by atoms with Gasteiger partial charge < -0.3 is 14.8 Å². The summed E-state index contributed by atoms with van der Waals surface area (Å²) in [6.07, 6.45) is 1.38. The molecule has 6 heteroatoms. The van der Waals surface area contributed by atoms with Crippen molar-refractivity contribution in [2.45, 2.75) is 0 Å². The monoisotopic (exact) mass is 256 g/mol. The van der Waals surface area contributed by atoms with Gasteiger partial charge in [-0.05, 0) is 24.3 Å². The van der Waals surface area contributed by atoms with E-state index in [1.165, 1.54) is 13.4 Å². The number of hydrogen-bond acceptors (Lipinski definition) is 6. The number of hydrogen-bond donors (Lipinski definition) is 1. The van der Waals surface area contributed by atoms with Crippen LogP contribution < -0.4 is 14.8 Å². The van der Waals surface area contributed by atoms with Crippen molar-refractivity contribution < 1.29 is 9.47 Å². The maximum Gasteiger partial charge on any atom is 0.268 e. The van der Waals surface area contributed by atoms with E-state index < -0.39 is 0 Å². The lowest BCUT2D eigenvalue weighted by atomic mass is 10.2. The summed E-state index contributed by atoms with van der Waals surface area (Å²) >= 11 is 0. The highest BCUT2D eigenvalue weighted by Crippen LogP contribution is 2.33. The Balaban J connectivity index is 2.30. The molecular formula is C13H12N4O2. The number of anilines is 1. The van der Waals surface area contributed by atoms with Gasteiger partial charge in [0.15, 0.2) is 5.82 Å². The first-order valence-electron chi connectivity index (χ1n) is 5.53. The first-order chi connectivity index (χ1) is 9.28. The molecule has 2 aromatic rings. The molecule has 0 radical (unpaired) electrons. The average Bonchev–Trinajstić information content (AvgIpc) is 2.47. The third kappa shape index (κ3) is 2.72. The predicted molar refractivity (Wildman–Crippen MR) is 69.4 cm³/mol. The van der Waals surface area contributed by atoms with E-state index in [0.717, 1.165) is 0 Å². The van der Waals surface area contributed by atoms with E-state index in [9.17, 15) is 0 Å². The molecule has 2 rings (SSSR count). The second-order valence-corrected chi connectivity index (χ2v) is 3.55. The van der Waals surface area contributed by atoms with Crippen molar-refractivity contribution in [3.05, 3.63) is 36.2 Å². The second kappa shape index (κ2) is 5.69. The molecule has 0 spiro atoms. The van der Waals surface area contributed by atoms with Crippen molar-refractivity contribution in [2.75, 3.05) is 19.5 Å². The fraction of sp³-hybridized carbons (Fsp3) is 0.154. The van der Waals surface area contributed by atoms with Gasteiger partial charge in [-0.3, -0.25) is 0 Å². The third-order valence-corrected chi connectivity index (χ3v) is 2.41. The summed E-state index contributed by atoms with van der Waals surface area (Å²) in [6.45, 7) is 0. The molecule has 1 aromatic heterocycles. The van der Waals surface area contributed by atoms with Crippen LogP contribution in [0, 0.1) is 11.3 Å². The Hall–Kier alpha value is -2.81. The number of nitriles is 1. The standard InChI is InChI=1S/C13H12N4O2/c1-15-12-11(18-2)13(17-8-16-12)19-10-5-3-9(7-14)4-6-10/h3-6,8H,1-2H3,(H,15,16,17). The van der Waals surface area contributed by atoms with Crippen LogP contribution in [0.1, 0.15) is 5.56 Å². The van der Waals surface area contributed by atoms with Gasteiger partial charge in [-0.2, -0.15) is 10.2 Å². The van der Waals surface area contributed by atoms with Crippen molar-refractivity contribution in [3.63, 3.8) is 0 Å². The molecular weight excluding hydrogens is 244 g/mol. The minimum atomic E-state index is 0.312. The number of aromatic nitrogens is 2. The summed E-state index contributed by atoms with van der Waals surface area (Å²) in [6, 6.07) is 8.77. The molecule has 0 saturated carbocycles. The van der Waals surface area contributed by atoms with Crippen LogP contribution in [0.4, 0.5) is 5.82 Å². The van der Waals surface area contributed by atoms with Gasteiger partial charge in [0.2, 0.25) is 5.75 Å². The molecule has 1 aromatic carbocycles. The summed E-state index contributed by atoms with van der Waals surface area (Å²) in [5.41, 5.74) is 0.568. The molecule has 0 unspecified atom stereocenters. The maximum atomic E-state index is 8.73. The third-order valence-electron chi connectivity index (χ3n) is 2.41. The van der Waals surface area contributed by atoms with Crippen LogP contribution in [-0.2, 0) is 0 Å². The van der Waals surface area contributed by atoms with Crippen LogP contribution in [0.3, 0.4) is 0 Å². The number of nitrogens with zero attached hydrogens (tertiary/aromatic N) is 3. The highest BCUT2D eigenvalue weighted by atomic mass is 16.5. The van der Waals surface area contributed by atoms with Crippen molar-refractivity contribution in [1.82, 2.24) is 9.97 Å². The van der Waals surface area contributed by atoms with E-state index in [2.05, 4.69) is 15.3 Å². The lowest BCUT2D eigenvalue weighted by Crippen LogP contribution is -2.00. The number of nitrogens with one attached hydrogen (secondary N) is 1. The fourth-order valence-corrected chi connectivity index (χ4v) is 1.50. The first-order valence-corrected chi connectivity index (χ1v) is 5.53.